The number of sulfone groups is 1. The number of hydrogen-bond donors (Lipinski definition) is 2. The number of rotatable bonds is 9. The summed E-state index contributed by atoms with van der Waals surface area (Å²) in [5.41, 5.74) is 13.6. The zero-order chi connectivity index (χ0) is 24.9. The topological polar surface area (TPSA) is 122 Å². The lowest BCUT2D eigenvalue weighted by Gasteiger charge is -2.35. The van der Waals surface area contributed by atoms with Crippen LogP contribution in [0.25, 0.3) is 0 Å². The molecule has 0 unspecified atom stereocenters. The Hall–Kier alpha value is -2.13. The molecule has 1 aliphatic heterocycles. The number of benzene rings is 1. The second kappa shape index (κ2) is 11.3. The summed E-state index contributed by atoms with van der Waals surface area (Å²) >= 11 is 0. The fourth-order valence-corrected chi connectivity index (χ4v) is 6.29. The number of hydrogen-bond acceptors (Lipinski definition) is 5. The van der Waals surface area contributed by atoms with Gasteiger partial charge in [0.1, 0.15) is 5.88 Å². The van der Waals surface area contributed by atoms with Gasteiger partial charge in [0.15, 0.2) is 15.8 Å². The zero-order valence-electron chi connectivity index (χ0n) is 21.0. The van der Waals surface area contributed by atoms with Crippen LogP contribution in [0.5, 0.6) is 0 Å². The smallest absolute Gasteiger partial charge is 0.224 e. The molecular formula is C24H41N5O3S. The van der Waals surface area contributed by atoms with E-state index in [1.807, 2.05) is 4.90 Å². The van der Waals surface area contributed by atoms with Gasteiger partial charge in [-0.2, -0.15) is 0 Å². The molecule has 1 aromatic carbocycles. The molecule has 1 heterocycles. The summed E-state index contributed by atoms with van der Waals surface area (Å²) in [6, 6.07) is 4.14. The van der Waals surface area contributed by atoms with E-state index < -0.39 is 9.84 Å². The third-order valence-corrected chi connectivity index (χ3v) is 7.89. The Labute approximate surface area is 199 Å². The van der Waals surface area contributed by atoms with Crippen LogP contribution in [0.4, 0.5) is 0 Å². The van der Waals surface area contributed by atoms with Gasteiger partial charge in [-0.05, 0) is 34.4 Å². The van der Waals surface area contributed by atoms with E-state index in [9.17, 15) is 13.2 Å². The highest BCUT2D eigenvalue weighted by molar-refractivity contribution is 7.91. The lowest BCUT2D eigenvalue weighted by molar-refractivity contribution is -0.132. The summed E-state index contributed by atoms with van der Waals surface area (Å²) in [6.07, 6.45) is 0.244. The van der Waals surface area contributed by atoms with Crippen LogP contribution in [0, 0.1) is 0 Å². The first kappa shape index (κ1) is 27.1. The molecule has 1 fully saturated rings. The first-order valence-electron chi connectivity index (χ1n) is 11.8. The van der Waals surface area contributed by atoms with Gasteiger partial charge in [-0.25, -0.2) is 8.42 Å². The van der Waals surface area contributed by atoms with Gasteiger partial charge in [-0.3, -0.25) is 14.7 Å². The molecule has 0 aliphatic carbocycles. The highest BCUT2D eigenvalue weighted by Crippen LogP contribution is 2.36. The Morgan fingerprint density at radius 3 is 1.88 bits per heavy atom. The summed E-state index contributed by atoms with van der Waals surface area (Å²) in [4.78, 5) is 20.4. The SMILES string of the molecule is CC(C)c1cc(C(C)C)c(S(=O)(=O)CN2CCN(C(=O)CCN=C(N)N)CC2)c(C(C)C)c1. The van der Waals surface area contributed by atoms with E-state index in [-0.39, 0.29) is 42.5 Å². The largest absolute Gasteiger partial charge is 0.370 e. The molecule has 0 spiro atoms. The lowest BCUT2D eigenvalue weighted by Crippen LogP contribution is -2.50. The van der Waals surface area contributed by atoms with Gasteiger partial charge in [-0.1, -0.05) is 53.7 Å². The maximum Gasteiger partial charge on any atom is 0.224 e. The number of nitrogens with two attached hydrogens (primary N) is 2. The van der Waals surface area contributed by atoms with Crippen molar-refractivity contribution in [1.29, 1.82) is 0 Å². The molecule has 8 nitrogen and oxygen atoms in total. The average molecular weight is 480 g/mol. The highest BCUT2D eigenvalue weighted by Gasteiger charge is 2.30. The van der Waals surface area contributed by atoms with Gasteiger partial charge in [0.2, 0.25) is 5.91 Å². The molecule has 0 bridgehead atoms. The average Bonchev–Trinajstić information content (AvgIpc) is 2.72. The van der Waals surface area contributed by atoms with E-state index in [2.05, 4.69) is 58.7 Å². The number of carbonyl (C=O) groups is 1. The quantitative estimate of drug-likeness (QED) is 0.415. The van der Waals surface area contributed by atoms with Crippen LogP contribution in [0.2, 0.25) is 0 Å². The second-order valence-electron chi connectivity index (χ2n) is 9.79. The first-order valence-corrected chi connectivity index (χ1v) is 13.4. The molecule has 1 aliphatic rings. The van der Waals surface area contributed by atoms with Crippen LogP contribution in [0.15, 0.2) is 22.0 Å². The van der Waals surface area contributed by atoms with Crippen molar-refractivity contribution in [3.8, 4) is 0 Å². The van der Waals surface area contributed by atoms with Crippen molar-refractivity contribution in [3.63, 3.8) is 0 Å². The first-order chi connectivity index (χ1) is 15.3. The summed E-state index contributed by atoms with van der Waals surface area (Å²) in [5.74, 6) is 0.450. The molecule has 4 N–H and O–H groups in total. The molecule has 0 aromatic heterocycles. The van der Waals surface area contributed by atoms with Crippen LogP contribution in [0.3, 0.4) is 0 Å². The molecule has 1 amide bonds. The Balaban J connectivity index is 2.20. The summed E-state index contributed by atoms with van der Waals surface area (Å²) in [5, 5.41) is 0. The number of amides is 1. The lowest BCUT2D eigenvalue weighted by atomic mass is 9.89. The Morgan fingerprint density at radius 2 is 1.45 bits per heavy atom. The Morgan fingerprint density at radius 1 is 0.939 bits per heavy atom. The molecular weight excluding hydrogens is 438 g/mol. The molecule has 33 heavy (non-hydrogen) atoms. The molecule has 0 saturated carbocycles. The summed E-state index contributed by atoms with van der Waals surface area (Å²) in [7, 11) is -3.54. The van der Waals surface area contributed by atoms with Crippen molar-refractivity contribution in [1.82, 2.24) is 9.80 Å². The molecule has 2 rings (SSSR count). The van der Waals surface area contributed by atoms with Crippen LogP contribution in [-0.4, -0.2) is 68.7 Å². The minimum atomic E-state index is -3.54. The molecule has 1 aromatic rings. The van der Waals surface area contributed by atoms with Gasteiger partial charge in [-0.15, -0.1) is 0 Å². The van der Waals surface area contributed by atoms with Crippen LogP contribution < -0.4 is 11.5 Å². The maximum atomic E-state index is 13.7. The van der Waals surface area contributed by atoms with Gasteiger partial charge in [0, 0.05) is 32.6 Å². The number of guanidine groups is 1. The molecule has 0 radical (unpaired) electrons. The fraction of sp³-hybridized carbons (Fsp3) is 0.667. The van der Waals surface area contributed by atoms with Crippen molar-refractivity contribution in [2.45, 2.75) is 70.6 Å². The van der Waals surface area contributed by atoms with E-state index in [0.717, 1.165) is 11.1 Å². The van der Waals surface area contributed by atoms with Crippen molar-refractivity contribution in [2.24, 2.45) is 16.5 Å². The molecule has 0 atom stereocenters. The van der Waals surface area contributed by atoms with Crippen molar-refractivity contribution >= 4 is 21.7 Å². The standard InChI is InChI=1S/C24H41N5O3S/c1-16(2)19-13-20(17(3)4)23(21(14-19)18(5)6)33(31,32)15-28-9-11-29(12-10-28)22(30)7-8-27-24(25)26/h13-14,16-18H,7-12,15H2,1-6H3,(H4,25,26,27). The van der Waals surface area contributed by atoms with Crippen molar-refractivity contribution in [2.75, 3.05) is 38.6 Å². The Kier molecular flexibility index (Phi) is 9.31. The van der Waals surface area contributed by atoms with Crippen LogP contribution in [0.1, 0.15) is 82.4 Å². The number of aliphatic imine (C=N–C) groups is 1. The number of carbonyl (C=O) groups excluding carboxylic acids is 1. The third-order valence-electron chi connectivity index (χ3n) is 6.09. The van der Waals surface area contributed by atoms with Crippen molar-refractivity contribution < 1.29 is 13.2 Å². The van der Waals surface area contributed by atoms with Crippen molar-refractivity contribution in [3.05, 3.63) is 28.8 Å². The minimum Gasteiger partial charge on any atom is -0.370 e. The maximum absolute atomic E-state index is 13.7. The third kappa shape index (κ3) is 7.17. The summed E-state index contributed by atoms with van der Waals surface area (Å²) < 4.78 is 27.4. The zero-order valence-corrected chi connectivity index (χ0v) is 21.8. The fourth-order valence-electron chi connectivity index (χ4n) is 4.12. The van der Waals surface area contributed by atoms with Gasteiger partial charge < -0.3 is 16.4 Å². The molecule has 186 valence electrons. The van der Waals surface area contributed by atoms with E-state index in [4.69, 9.17) is 11.5 Å². The Bertz CT molecular complexity index is 929. The molecule has 9 heteroatoms. The second-order valence-corrected chi connectivity index (χ2v) is 11.7. The monoisotopic (exact) mass is 479 g/mol. The van der Waals surface area contributed by atoms with E-state index in [1.54, 1.807) is 4.90 Å². The van der Waals surface area contributed by atoms with Crippen LogP contribution >= 0.6 is 0 Å². The predicted octanol–water partition coefficient (Wildman–Crippen LogP) is 2.60. The summed E-state index contributed by atoms with van der Waals surface area (Å²) in [6.45, 7) is 14.8. The van der Waals surface area contributed by atoms with Crippen LogP contribution in [-0.2, 0) is 14.6 Å². The van der Waals surface area contributed by atoms with E-state index in [1.165, 1.54) is 5.56 Å². The number of nitrogens with zero attached hydrogens (tertiary/aromatic N) is 3. The highest BCUT2D eigenvalue weighted by atomic mass is 32.2. The van der Waals surface area contributed by atoms with E-state index >= 15 is 0 Å². The van der Waals surface area contributed by atoms with E-state index in [0.29, 0.717) is 37.0 Å². The van der Waals surface area contributed by atoms with Gasteiger partial charge in [0.05, 0.1) is 11.4 Å². The molecule has 1 saturated heterocycles. The minimum absolute atomic E-state index is 0.0176. The number of piperazine rings is 1. The predicted molar refractivity (Wildman–Crippen MR) is 134 cm³/mol. The normalized spacial score (nSPS) is 15.5. The van der Waals surface area contributed by atoms with Gasteiger partial charge in [0.25, 0.3) is 0 Å². The van der Waals surface area contributed by atoms with Gasteiger partial charge >= 0.3 is 0 Å².